The molecule has 0 amide bonds. The minimum absolute atomic E-state index is 0.0196. The minimum Gasteiger partial charge on any atom is -0.478 e. The molecule has 1 aliphatic heterocycles. The molecule has 1 aromatic rings. The van der Waals surface area contributed by atoms with Gasteiger partial charge in [-0.05, 0) is 55.4 Å². The van der Waals surface area contributed by atoms with E-state index in [0.717, 1.165) is 18.4 Å². The highest BCUT2D eigenvalue weighted by molar-refractivity contribution is 7.92. The number of benzene rings is 1. The Morgan fingerprint density at radius 3 is 2.78 bits per heavy atom. The number of methoxy groups -OCH3 is 1. The molecule has 1 fully saturated rings. The zero-order valence-electron chi connectivity index (χ0n) is 13.1. The molecule has 1 heterocycles. The number of rotatable bonds is 6. The smallest absolute Gasteiger partial charge is 0.335 e. The molecule has 1 saturated carbocycles. The van der Waals surface area contributed by atoms with Crippen molar-refractivity contribution in [1.29, 1.82) is 0 Å². The van der Waals surface area contributed by atoms with Gasteiger partial charge in [-0.3, -0.25) is 4.31 Å². The lowest BCUT2D eigenvalue weighted by atomic mass is 10.0. The molecule has 2 aliphatic rings. The first-order valence-corrected chi connectivity index (χ1v) is 9.42. The van der Waals surface area contributed by atoms with Crippen LogP contribution in [0.1, 0.15) is 35.2 Å². The van der Waals surface area contributed by atoms with Crippen LogP contribution in [0.25, 0.3) is 0 Å². The Bertz CT molecular complexity index is 711. The van der Waals surface area contributed by atoms with Gasteiger partial charge in [-0.1, -0.05) is 0 Å². The SMILES string of the molecule is COC(CS(=O)(=O)N1CCCc2cc(C(=O)O)ccc21)C1CC1. The van der Waals surface area contributed by atoms with Crippen molar-refractivity contribution in [3.8, 4) is 0 Å². The van der Waals surface area contributed by atoms with Gasteiger partial charge in [0.05, 0.1) is 23.1 Å². The van der Waals surface area contributed by atoms with Gasteiger partial charge >= 0.3 is 5.97 Å². The van der Waals surface area contributed by atoms with Crippen molar-refractivity contribution in [3.05, 3.63) is 29.3 Å². The van der Waals surface area contributed by atoms with Gasteiger partial charge in [0.2, 0.25) is 10.0 Å². The number of aryl methyl sites for hydroxylation is 1. The largest absolute Gasteiger partial charge is 0.478 e. The van der Waals surface area contributed by atoms with Gasteiger partial charge < -0.3 is 9.84 Å². The molecule has 1 unspecified atom stereocenters. The number of sulfonamides is 1. The van der Waals surface area contributed by atoms with Gasteiger partial charge in [0.15, 0.2) is 0 Å². The van der Waals surface area contributed by atoms with Crippen molar-refractivity contribution in [3.63, 3.8) is 0 Å². The van der Waals surface area contributed by atoms with E-state index in [2.05, 4.69) is 0 Å². The number of aromatic carboxylic acids is 1. The standard InChI is InChI=1S/C16H21NO5S/c1-22-15(11-4-5-11)10-23(20,21)17-8-2-3-12-9-13(16(18)19)6-7-14(12)17/h6-7,9,11,15H,2-5,8,10H2,1H3,(H,18,19). The van der Waals surface area contributed by atoms with Gasteiger partial charge in [-0.2, -0.15) is 0 Å². The molecule has 6 nitrogen and oxygen atoms in total. The van der Waals surface area contributed by atoms with Crippen molar-refractivity contribution >= 4 is 21.7 Å². The van der Waals surface area contributed by atoms with Crippen LogP contribution in [0.15, 0.2) is 18.2 Å². The second kappa shape index (κ2) is 6.13. The number of ether oxygens (including phenoxy) is 1. The van der Waals surface area contributed by atoms with Crippen molar-refractivity contribution in [1.82, 2.24) is 0 Å². The lowest BCUT2D eigenvalue weighted by molar-refractivity contribution is 0.0696. The Labute approximate surface area is 136 Å². The second-order valence-electron chi connectivity index (χ2n) is 6.21. The maximum atomic E-state index is 12.8. The summed E-state index contributed by atoms with van der Waals surface area (Å²) in [7, 11) is -1.93. The molecule has 1 atom stereocenters. The molecule has 0 radical (unpaired) electrons. The van der Waals surface area contributed by atoms with Crippen molar-refractivity contribution < 1.29 is 23.1 Å². The van der Waals surface area contributed by atoms with Crippen LogP contribution in [0.5, 0.6) is 0 Å². The predicted molar refractivity (Wildman–Crippen MR) is 86.4 cm³/mol. The number of carbonyl (C=O) groups is 1. The molecule has 3 rings (SSSR count). The minimum atomic E-state index is -3.49. The molecule has 23 heavy (non-hydrogen) atoms. The first kappa shape index (κ1) is 16.3. The third-order valence-electron chi connectivity index (χ3n) is 4.56. The maximum absolute atomic E-state index is 12.8. The first-order valence-electron chi connectivity index (χ1n) is 7.82. The summed E-state index contributed by atoms with van der Waals surface area (Å²) in [5, 5.41) is 9.08. The Morgan fingerprint density at radius 1 is 1.43 bits per heavy atom. The Balaban J connectivity index is 1.88. The molecule has 0 aromatic heterocycles. The van der Waals surface area contributed by atoms with Gasteiger partial charge in [-0.15, -0.1) is 0 Å². The fourth-order valence-corrected chi connectivity index (χ4v) is 5.04. The van der Waals surface area contributed by atoms with Crippen LogP contribution in [-0.2, 0) is 21.2 Å². The molecular weight excluding hydrogens is 318 g/mol. The van der Waals surface area contributed by atoms with E-state index in [9.17, 15) is 13.2 Å². The topological polar surface area (TPSA) is 83.9 Å². The maximum Gasteiger partial charge on any atom is 0.335 e. The van der Waals surface area contributed by atoms with E-state index in [-0.39, 0.29) is 17.4 Å². The number of nitrogens with zero attached hydrogens (tertiary/aromatic N) is 1. The van der Waals surface area contributed by atoms with E-state index in [0.29, 0.717) is 31.0 Å². The normalized spacial score (nSPS) is 19.3. The average Bonchev–Trinajstić information content (AvgIpc) is 3.36. The molecular formula is C16H21NO5S. The highest BCUT2D eigenvalue weighted by Gasteiger charge is 2.37. The van der Waals surface area contributed by atoms with Gasteiger partial charge in [0, 0.05) is 13.7 Å². The monoisotopic (exact) mass is 339 g/mol. The Hall–Kier alpha value is -1.60. The van der Waals surface area contributed by atoms with Gasteiger partial charge in [-0.25, -0.2) is 13.2 Å². The summed E-state index contributed by atoms with van der Waals surface area (Å²) in [6.07, 6.45) is 3.16. The van der Waals surface area contributed by atoms with E-state index in [1.165, 1.54) is 10.4 Å². The van der Waals surface area contributed by atoms with Gasteiger partial charge in [0.25, 0.3) is 0 Å². The van der Waals surface area contributed by atoms with Crippen LogP contribution >= 0.6 is 0 Å². The fraction of sp³-hybridized carbons (Fsp3) is 0.562. The molecule has 7 heteroatoms. The van der Waals surface area contributed by atoms with Crippen molar-refractivity contribution in [2.24, 2.45) is 5.92 Å². The summed E-state index contributed by atoms with van der Waals surface area (Å²) in [6.45, 7) is 0.433. The fourth-order valence-electron chi connectivity index (χ4n) is 3.15. The summed E-state index contributed by atoms with van der Waals surface area (Å²) in [4.78, 5) is 11.1. The zero-order chi connectivity index (χ0) is 16.6. The lowest BCUT2D eigenvalue weighted by Crippen LogP contribution is -2.41. The van der Waals surface area contributed by atoms with E-state index >= 15 is 0 Å². The summed E-state index contributed by atoms with van der Waals surface area (Å²) < 4.78 is 32.4. The average molecular weight is 339 g/mol. The van der Waals surface area contributed by atoms with Crippen molar-refractivity contribution in [2.75, 3.05) is 23.7 Å². The molecule has 0 spiro atoms. The Morgan fingerprint density at radius 2 is 2.17 bits per heavy atom. The zero-order valence-corrected chi connectivity index (χ0v) is 13.9. The van der Waals surface area contributed by atoms with Gasteiger partial charge in [0.1, 0.15) is 0 Å². The molecule has 1 aromatic carbocycles. The molecule has 0 saturated heterocycles. The van der Waals surface area contributed by atoms with Crippen LogP contribution in [0.2, 0.25) is 0 Å². The lowest BCUT2D eigenvalue weighted by Gasteiger charge is -2.31. The summed E-state index contributed by atoms with van der Waals surface area (Å²) in [5.74, 6) is -0.678. The molecule has 126 valence electrons. The highest BCUT2D eigenvalue weighted by atomic mass is 32.2. The predicted octanol–water partition coefficient (Wildman–Crippen LogP) is 1.89. The third-order valence-corrected chi connectivity index (χ3v) is 6.36. The van der Waals surface area contributed by atoms with Crippen LogP contribution in [0.3, 0.4) is 0 Å². The Kier molecular flexibility index (Phi) is 4.33. The van der Waals surface area contributed by atoms with Crippen LogP contribution in [0.4, 0.5) is 5.69 Å². The number of hydrogen-bond acceptors (Lipinski definition) is 4. The number of carboxylic acid groups (broad SMARTS) is 1. The van der Waals surface area contributed by atoms with Crippen molar-refractivity contribution in [2.45, 2.75) is 31.8 Å². The molecule has 1 aliphatic carbocycles. The summed E-state index contributed by atoms with van der Waals surface area (Å²) >= 11 is 0. The van der Waals surface area contributed by atoms with Crippen LogP contribution in [-0.4, -0.2) is 45.0 Å². The van der Waals surface area contributed by atoms with E-state index in [1.54, 1.807) is 19.2 Å². The summed E-state index contributed by atoms with van der Waals surface area (Å²) in [5.41, 5.74) is 1.57. The second-order valence-corrected chi connectivity index (χ2v) is 8.15. The van der Waals surface area contributed by atoms with E-state index in [1.807, 2.05) is 0 Å². The highest BCUT2D eigenvalue weighted by Crippen LogP contribution is 2.36. The summed E-state index contributed by atoms with van der Waals surface area (Å²) in [6, 6.07) is 4.65. The molecule has 1 N–H and O–H groups in total. The van der Waals surface area contributed by atoms with E-state index < -0.39 is 16.0 Å². The number of hydrogen-bond donors (Lipinski definition) is 1. The van der Waals surface area contributed by atoms with E-state index in [4.69, 9.17) is 9.84 Å². The number of fused-ring (bicyclic) bond motifs is 1. The van der Waals surface area contributed by atoms with Crippen LogP contribution in [0, 0.1) is 5.92 Å². The number of carboxylic acids is 1. The van der Waals surface area contributed by atoms with Crippen LogP contribution < -0.4 is 4.31 Å². The molecule has 0 bridgehead atoms. The first-order chi connectivity index (χ1) is 10.9. The quantitative estimate of drug-likeness (QED) is 0.856. The number of anilines is 1. The third kappa shape index (κ3) is 3.35.